The maximum Gasteiger partial charge on any atom is 0.213 e. The topological polar surface area (TPSA) is 34.9 Å². The Morgan fingerprint density at radius 2 is 2.22 bits per heavy atom. The molecule has 0 N–H and O–H groups in total. The minimum Gasteiger partial charge on any atom is -0.287 e. The van der Waals surface area contributed by atoms with Crippen molar-refractivity contribution in [3.63, 3.8) is 0 Å². The lowest BCUT2D eigenvalue weighted by Gasteiger charge is -2.06. The fraction of sp³-hybridized carbons (Fsp3) is 0.231. The second-order valence-corrected chi connectivity index (χ2v) is 4.81. The molecule has 0 aliphatic rings. The summed E-state index contributed by atoms with van der Waals surface area (Å²) < 4.78 is 15.9. The molecular weight excluding hydrogens is 299 g/mol. The second kappa shape index (κ2) is 5.44. The summed E-state index contributed by atoms with van der Waals surface area (Å²) in [7, 11) is 0. The highest BCUT2D eigenvalue weighted by atomic mass is 79.9. The Hall–Kier alpha value is -1.49. The smallest absolute Gasteiger partial charge is 0.213 e. The molecule has 0 atom stereocenters. The Morgan fingerprint density at radius 1 is 1.44 bits per heavy atom. The quantitative estimate of drug-likeness (QED) is 0.811. The van der Waals surface area contributed by atoms with Gasteiger partial charge >= 0.3 is 0 Å². The van der Waals surface area contributed by atoms with Gasteiger partial charge in [-0.15, -0.1) is 0 Å². The van der Waals surface area contributed by atoms with Crippen molar-refractivity contribution >= 4 is 21.7 Å². The molecule has 0 saturated carbocycles. The van der Waals surface area contributed by atoms with Crippen molar-refractivity contribution in [3.05, 3.63) is 52.0 Å². The second-order valence-electron chi connectivity index (χ2n) is 3.89. The Bertz CT molecular complexity index is 580. The summed E-state index contributed by atoms with van der Waals surface area (Å²) >= 11 is 3.24. The zero-order chi connectivity index (χ0) is 13.1. The van der Waals surface area contributed by atoms with E-state index >= 15 is 0 Å². The van der Waals surface area contributed by atoms with Crippen molar-refractivity contribution in [1.29, 1.82) is 0 Å². The molecular formula is C13H12BrFN2O. The van der Waals surface area contributed by atoms with E-state index in [1.54, 1.807) is 23.0 Å². The number of ketones is 1. The van der Waals surface area contributed by atoms with Gasteiger partial charge in [-0.05, 0) is 30.7 Å². The van der Waals surface area contributed by atoms with Gasteiger partial charge in [0.2, 0.25) is 5.78 Å². The molecule has 0 aliphatic heterocycles. The SMILES string of the molecule is CCCn1nccc1C(=O)c1cc(Br)ccc1F. The molecule has 18 heavy (non-hydrogen) atoms. The highest BCUT2D eigenvalue weighted by Crippen LogP contribution is 2.19. The average molecular weight is 311 g/mol. The summed E-state index contributed by atoms with van der Waals surface area (Å²) in [6, 6.07) is 5.94. The van der Waals surface area contributed by atoms with Crippen LogP contribution in [0.5, 0.6) is 0 Å². The van der Waals surface area contributed by atoms with Crippen molar-refractivity contribution in [2.24, 2.45) is 0 Å². The molecule has 1 heterocycles. The fourth-order valence-corrected chi connectivity index (χ4v) is 2.09. The van der Waals surface area contributed by atoms with E-state index in [0.29, 0.717) is 16.7 Å². The van der Waals surface area contributed by atoms with Crippen molar-refractivity contribution in [1.82, 2.24) is 9.78 Å². The maximum absolute atomic E-state index is 13.7. The minimum atomic E-state index is -0.521. The van der Waals surface area contributed by atoms with Gasteiger partial charge in [-0.25, -0.2) is 4.39 Å². The van der Waals surface area contributed by atoms with Crippen LogP contribution in [-0.2, 0) is 6.54 Å². The average Bonchev–Trinajstić information content (AvgIpc) is 2.80. The molecule has 5 heteroatoms. The molecule has 1 aromatic heterocycles. The van der Waals surface area contributed by atoms with Crippen LogP contribution in [0.1, 0.15) is 29.4 Å². The Morgan fingerprint density at radius 3 is 2.94 bits per heavy atom. The Labute approximate surface area is 113 Å². The molecule has 94 valence electrons. The molecule has 0 saturated heterocycles. The number of hydrogen-bond acceptors (Lipinski definition) is 2. The van der Waals surface area contributed by atoms with E-state index in [9.17, 15) is 9.18 Å². The van der Waals surface area contributed by atoms with Crippen LogP contribution in [0, 0.1) is 5.82 Å². The number of rotatable bonds is 4. The standard InChI is InChI=1S/C13H12BrFN2O/c1-2-7-17-12(5-6-16-17)13(18)10-8-9(14)3-4-11(10)15/h3-6,8H,2,7H2,1H3. The summed E-state index contributed by atoms with van der Waals surface area (Å²) in [5.74, 6) is -0.868. The molecule has 0 radical (unpaired) electrons. The minimum absolute atomic E-state index is 0.0576. The monoisotopic (exact) mass is 310 g/mol. The third-order valence-electron chi connectivity index (χ3n) is 2.56. The summed E-state index contributed by atoms with van der Waals surface area (Å²) in [4.78, 5) is 12.3. The van der Waals surface area contributed by atoms with Crippen LogP contribution in [0.15, 0.2) is 34.9 Å². The van der Waals surface area contributed by atoms with E-state index in [-0.39, 0.29) is 11.3 Å². The van der Waals surface area contributed by atoms with Gasteiger partial charge in [0, 0.05) is 17.2 Å². The van der Waals surface area contributed by atoms with Gasteiger partial charge < -0.3 is 0 Å². The Kier molecular flexibility index (Phi) is 3.91. The molecule has 0 aliphatic carbocycles. The van der Waals surface area contributed by atoms with Crippen LogP contribution < -0.4 is 0 Å². The van der Waals surface area contributed by atoms with E-state index in [1.807, 2.05) is 6.92 Å². The van der Waals surface area contributed by atoms with E-state index in [2.05, 4.69) is 21.0 Å². The van der Waals surface area contributed by atoms with Gasteiger partial charge in [-0.1, -0.05) is 22.9 Å². The third kappa shape index (κ3) is 2.51. The van der Waals surface area contributed by atoms with Gasteiger partial charge in [-0.2, -0.15) is 5.10 Å². The van der Waals surface area contributed by atoms with Crippen LogP contribution >= 0.6 is 15.9 Å². The molecule has 2 aromatic rings. The molecule has 0 amide bonds. The predicted molar refractivity (Wildman–Crippen MR) is 70.1 cm³/mol. The van der Waals surface area contributed by atoms with Crippen molar-refractivity contribution in [2.75, 3.05) is 0 Å². The number of aromatic nitrogens is 2. The molecule has 3 nitrogen and oxygen atoms in total. The van der Waals surface area contributed by atoms with Crippen LogP contribution in [0.2, 0.25) is 0 Å². The lowest BCUT2D eigenvalue weighted by molar-refractivity contribution is 0.102. The zero-order valence-electron chi connectivity index (χ0n) is 9.86. The highest BCUT2D eigenvalue weighted by molar-refractivity contribution is 9.10. The summed E-state index contributed by atoms with van der Waals surface area (Å²) in [5, 5.41) is 4.07. The fourth-order valence-electron chi connectivity index (χ4n) is 1.73. The van der Waals surface area contributed by atoms with Crippen LogP contribution in [0.3, 0.4) is 0 Å². The number of benzene rings is 1. The molecule has 0 spiro atoms. The molecule has 0 fully saturated rings. The number of halogens is 2. The lowest BCUT2D eigenvalue weighted by Crippen LogP contribution is -2.12. The Balaban J connectivity index is 2.41. The van der Waals surface area contributed by atoms with E-state index < -0.39 is 5.82 Å². The first-order chi connectivity index (χ1) is 8.63. The van der Waals surface area contributed by atoms with Gasteiger partial charge in [0.1, 0.15) is 11.5 Å². The lowest BCUT2D eigenvalue weighted by atomic mass is 10.1. The van der Waals surface area contributed by atoms with Crippen LogP contribution in [0.4, 0.5) is 4.39 Å². The van der Waals surface area contributed by atoms with Gasteiger partial charge in [0.15, 0.2) is 0 Å². The van der Waals surface area contributed by atoms with Gasteiger partial charge in [-0.3, -0.25) is 9.48 Å². The normalized spacial score (nSPS) is 10.6. The predicted octanol–water partition coefficient (Wildman–Crippen LogP) is 3.43. The van der Waals surface area contributed by atoms with E-state index in [1.165, 1.54) is 12.1 Å². The third-order valence-corrected chi connectivity index (χ3v) is 3.05. The van der Waals surface area contributed by atoms with Gasteiger partial charge in [0.25, 0.3) is 0 Å². The van der Waals surface area contributed by atoms with Crippen molar-refractivity contribution in [3.8, 4) is 0 Å². The maximum atomic E-state index is 13.7. The summed E-state index contributed by atoms with van der Waals surface area (Å²) in [6.45, 7) is 2.64. The first-order valence-corrected chi connectivity index (χ1v) is 6.44. The highest BCUT2D eigenvalue weighted by Gasteiger charge is 2.18. The molecule has 2 rings (SSSR count). The van der Waals surface area contributed by atoms with E-state index in [4.69, 9.17) is 0 Å². The molecule has 0 unspecified atom stereocenters. The van der Waals surface area contributed by atoms with Gasteiger partial charge in [0.05, 0.1) is 5.56 Å². The first kappa shape index (κ1) is 13.0. The number of carbonyl (C=O) groups is 1. The number of nitrogens with zero attached hydrogens (tertiary/aromatic N) is 2. The largest absolute Gasteiger partial charge is 0.287 e. The van der Waals surface area contributed by atoms with Crippen LogP contribution in [0.25, 0.3) is 0 Å². The molecule has 1 aromatic carbocycles. The first-order valence-electron chi connectivity index (χ1n) is 5.65. The number of aryl methyl sites for hydroxylation is 1. The van der Waals surface area contributed by atoms with Crippen molar-refractivity contribution < 1.29 is 9.18 Å². The summed E-state index contributed by atoms with van der Waals surface area (Å²) in [5.41, 5.74) is 0.469. The van der Waals surface area contributed by atoms with Crippen LogP contribution in [-0.4, -0.2) is 15.6 Å². The summed E-state index contributed by atoms with van der Waals surface area (Å²) in [6.07, 6.45) is 2.42. The number of carbonyl (C=O) groups excluding carboxylic acids is 1. The van der Waals surface area contributed by atoms with E-state index in [0.717, 1.165) is 6.42 Å². The number of hydrogen-bond donors (Lipinski definition) is 0. The van der Waals surface area contributed by atoms with Crippen molar-refractivity contribution in [2.45, 2.75) is 19.9 Å². The zero-order valence-corrected chi connectivity index (χ0v) is 11.4. The molecule has 0 bridgehead atoms.